The Labute approximate surface area is 124 Å². The summed E-state index contributed by atoms with van der Waals surface area (Å²) in [6.45, 7) is 1.65. The van der Waals surface area contributed by atoms with Gasteiger partial charge in [-0.1, -0.05) is 19.3 Å². The molecule has 3 rings (SSSR count). The molecule has 114 valence electrons. The molecule has 0 atom stereocenters. The summed E-state index contributed by atoms with van der Waals surface area (Å²) in [7, 11) is 1.58. The van der Waals surface area contributed by atoms with Gasteiger partial charge in [-0.05, 0) is 37.2 Å². The molecular weight excluding hydrogens is 266 g/mol. The van der Waals surface area contributed by atoms with Crippen molar-refractivity contribution < 1.29 is 4.79 Å². The molecule has 1 amide bonds. The van der Waals surface area contributed by atoms with Gasteiger partial charge < -0.3 is 4.90 Å². The SMILES string of the molecule is Cn1nc(C(=O)N2CCC3(CCCCC3)CC2)ccc1=O. The lowest BCUT2D eigenvalue weighted by atomic mass is 9.68. The second-order valence-electron chi connectivity index (χ2n) is 6.53. The molecule has 2 aliphatic rings. The third kappa shape index (κ3) is 2.87. The average Bonchev–Trinajstić information content (AvgIpc) is 2.51. The molecule has 0 aromatic carbocycles. The second kappa shape index (κ2) is 5.62. The van der Waals surface area contributed by atoms with Gasteiger partial charge in [0, 0.05) is 26.2 Å². The van der Waals surface area contributed by atoms with Crippen molar-refractivity contribution in [3.8, 4) is 0 Å². The average molecular weight is 289 g/mol. The Kier molecular flexibility index (Phi) is 3.83. The van der Waals surface area contributed by atoms with Crippen LogP contribution in [0.1, 0.15) is 55.4 Å². The number of piperidine rings is 1. The lowest BCUT2D eigenvalue weighted by Gasteiger charge is -2.44. The van der Waals surface area contributed by atoms with Gasteiger partial charge in [-0.3, -0.25) is 9.59 Å². The van der Waals surface area contributed by atoms with Crippen LogP contribution in [-0.2, 0) is 7.05 Å². The number of nitrogens with zero attached hydrogens (tertiary/aromatic N) is 3. The zero-order chi connectivity index (χ0) is 14.9. The van der Waals surface area contributed by atoms with Crippen LogP contribution in [0.5, 0.6) is 0 Å². The van der Waals surface area contributed by atoms with Gasteiger partial charge in [0.25, 0.3) is 11.5 Å². The molecule has 1 aliphatic heterocycles. The minimum Gasteiger partial charge on any atom is -0.337 e. The van der Waals surface area contributed by atoms with Crippen LogP contribution < -0.4 is 5.56 Å². The number of likely N-dealkylation sites (tertiary alicyclic amines) is 1. The summed E-state index contributed by atoms with van der Waals surface area (Å²) in [5, 5.41) is 4.06. The molecule has 5 heteroatoms. The molecule has 0 radical (unpaired) electrons. The van der Waals surface area contributed by atoms with Crippen molar-refractivity contribution in [2.24, 2.45) is 12.5 Å². The van der Waals surface area contributed by atoms with Crippen LogP contribution in [0.2, 0.25) is 0 Å². The van der Waals surface area contributed by atoms with E-state index in [2.05, 4.69) is 5.10 Å². The number of aromatic nitrogens is 2. The number of carbonyl (C=O) groups excluding carboxylic acids is 1. The maximum atomic E-state index is 12.5. The fraction of sp³-hybridized carbons (Fsp3) is 0.688. The Bertz CT molecular complexity index is 577. The highest BCUT2D eigenvalue weighted by molar-refractivity contribution is 5.92. The van der Waals surface area contributed by atoms with Crippen LogP contribution in [0.25, 0.3) is 0 Å². The summed E-state index contributed by atoms with van der Waals surface area (Å²) < 4.78 is 1.22. The summed E-state index contributed by atoms with van der Waals surface area (Å²) in [5.41, 5.74) is 0.675. The van der Waals surface area contributed by atoms with Gasteiger partial charge in [-0.2, -0.15) is 5.10 Å². The van der Waals surface area contributed by atoms with Crippen LogP contribution in [0.15, 0.2) is 16.9 Å². The maximum Gasteiger partial charge on any atom is 0.274 e. The largest absolute Gasteiger partial charge is 0.337 e. The standard InChI is InChI=1S/C16H23N3O2/c1-18-14(20)6-5-13(17-18)15(21)19-11-9-16(10-12-19)7-3-2-4-8-16/h5-6H,2-4,7-12H2,1H3. The summed E-state index contributed by atoms with van der Waals surface area (Å²) >= 11 is 0. The Morgan fingerprint density at radius 1 is 1.10 bits per heavy atom. The maximum absolute atomic E-state index is 12.5. The van der Waals surface area contributed by atoms with E-state index in [9.17, 15) is 9.59 Å². The van der Waals surface area contributed by atoms with Gasteiger partial charge in [0.15, 0.2) is 0 Å². The van der Waals surface area contributed by atoms with Gasteiger partial charge in [0.2, 0.25) is 0 Å². The van der Waals surface area contributed by atoms with Crippen LogP contribution in [-0.4, -0.2) is 33.7 Å². The first kappa shape index (κ1) is 14.3. The molecule has 0 unspecified atom stereocenters. The van der Waals surface area contributed by atoms with E-state index < -0.39 is 0 Å². The molecule has 2 fully saturated rings. The molecule has 1 aromatic rings. The van der Waals surface area contributed by atoms with E-state index in [0.717, 1.165) is 25.9 Å². The Balaban J connectivity index is 1.67. The van der Waals surface area contributed by atoms with Gasteiger partial charge in [0.1, 0.15) is 5.69 Å². The molecule has 1 saturated carbocycles. The number of amides is 1. The van der Waals surface area contributed by atoms with E-state index in [0.29, 0.717) is 11.1 Å². The highest BCUT2D eigenvalue weighted by atomic mass is 16.2. The molecule has 1 spiro atoms. The number of aryl methyl sites for hydroxylation is 1. The number of carbonyl (C=O) groups is 1. The first-order valence-electron chi connectivity index (χ1n) is 7.93. The van der Waals surface area contributed by atoms with Crippen LogP contribution >= 0.6 is 0 Å². The molecule has 1 aliphatic carbocycles. The van der Waals surface area contributed by atoms with Crippen molar-refractivity contribution >= 4 is 5.91 Å². The van der Waals surface area contributed by atoms with Crippen LogP contribution in [0.4, 0.5) is 0 Å². The van der Waals surface area contributed by atoms with E-state index in [1.54, 1.807) is 7.05 Å². The highest BCUT2D eigenvalue weighted by Gasteiger charge is 2.36. The summed E-state index contributed by atoms with van der Waals surface area (Å²) in [4.78, 5) is 25.7. The molecule has 1 saturated heterocycles. The molecule has 21 heavy (non-hydrogen) atoms. The minimum atomic E-state index is -0.189. The van der Waals surface area contributed by atoms with E-state index in [1.807, 2.05) is 4.90 Å². The van der Waals surface area contributed by atoms with Gasteiger partial charge in [-0.15, -0.1) is 0 Å². The fourth-order valence-electron chi connectivity index (χ4n) is 3.76. The molecule has 1 aromatic heterocycles. The summed E-state index contributed by atoms with van der Waals surface area (Å²) in [6.07, 6.45) is 8.94. The van der Waals surface area contributed by atoms with Crippen molar-refractivity contribution in [1.29, 1.82) is 0 Å². The predicted octanol–water partition coefficient (Wildman–Crippen LogP) is 1.97. The Hall–Kier alpha value is -1.65. The van der Waals surface area contributed by atoms with Gasteiger partial charge in [0.05, 0.1) is 0 Å². The van der Waals surface area contributed by atoms with Gasteiger partial charge >= 0.3 is 0 Å². The van der Waals surface area contributed by atoms with E-state index >= 15 is 0 Å². The zero-order valence-corrected chi connectivity index (χ0v) is 12.7. The van der Waals surface area contributed by atoms with Crippen molar-refractivity contribution in [2.45, 2.75) is 44.9 Å². The van der Waals surface area contributed by atoms with E-state index in [-0.39, 0.29) is 11.5 Å². The van der Waals surface area contributed by atoms with Crippen LogP contribution in [0.3, 0.4) is 0 Å². The van der Waals surface area contributed by atoms with Crippen molar-refractivity contribution in [3.05, 3.63) is 28.2 Å². The second-order valence-corrected chi connectivity index (χ2v) is 6.53. The molecule has 2 heterocycles. The van der Waals surface area contributed by atoms with E-state index in [4.69, 9.17) is 0 Å². The topological polar surface area (TPSA) is 55.2 Å². The minimum absolute atomic E-state index is 0.0451. The lowest BCUT2D eigenvalue weighted by molar-refractivity contribution is 0.0465. The molecule has 0 bridgehead atoms. The molecule has 0 N–H and O–H groups in total. The quantitative estimate of drug-likeness (QED) is 0.794. The lowest BCUT2D eigenvalue weighted by Crippen LogP contribution is -2.44. The normalized spacial score (nSPS) is 21.5. The third-order valence-corrected chi connectivity index (χ3v) is 5.21. The zero-order valence-electron chi connectivity index (χ0n) is 12.7. The first-order valence-corrected chi connectivity index (χ1v) is 7.93. The van der Waals surface area contributed by atoms with Crippen molar-refractivity contribution in [3.63, 3.8) is 0 Å². The van der Waals surface area contributed by atoms with Crippen molar-refractivity contribution in [1.82, 2.24) is 14.7 Å². The monoisotopic (exact) mass is 289 g/mol. The molecular formula is C16H23N3O2. The Morgan fingerprint density at radius 2 is 1.76 bits per heavy atom. The number of rotatable bonds is 1. The predicted molar refractivity (Wildman–Crippen MR) is 80.1 cm³/mol. The first-order chi connectivity index (χ1) is 10.1. The number of hydrogen-bond acceptors (Lipinski definition) is 3. The van der Waals surface area contributed by atoms with E-state index in [1.165, 1.54) is 48.9 Å². The highest BCUT2D eigenvalue weighted by Crippen LogP contribution is 2.44. The number of hydrogen-bond donors (Lipinski definition) is 0. The van der Waals surface area contributed by atoms with Gasteiger partial charge in [-0.25, -0.2) is 4.68 Å². The van der Waals surface area contributed by atoms with Crippen molar-refractivity contribution in [2.75, 3.05) is 13.1 Å². The Morgan fingerprint density at radius 3 is 2.38 bits per heavy atom. The van der Waals surface area contributed by atoms with Crippen LogP contribution in [0, 0.1) is 5.41 Å². The molecule has 5 nitrogen and oxygen atoms in total. The fourth-order valence-corrected chi connectivity index (χ4v) is 3.76. The summed E-state index contributed by atoms with van der Waals surface area (Å²) in [6, 6.07) is 2.95. The third-order valence-electron chi connectivity index (χ3n) is 5.21. The summed E-state index contributed by atoms with van der Waals surface area (Å²) in [5.74, 6) is -0.0451. The smallest absolute Gasteiger partial charge is 0.274 e.